The number of thiazole rings is 1. The van der Waals surface area contributed by atoms with E-state index in [-0.39, 0.29) is 45.6 Å². The maximum absolute atomic E-state index is 13.3. The summed E-state index contributed by atoms with van der Waals surface area (Å²) in [5.41, 5.74) is 1.00. The van der Waals surface area contributed by atoms with Crippen LogP contribution in [0.3, 0.4) is 0 Å². The molecule has 2 aliphatic carbocycles. The summed E-state index contributed by atoms with van der Waals surface area (Å²) >= 11 is 2.81. The van der Waals surface area contributed by atoms with Gasteiger partial charge < -0.3 is 14.8 Å². The predicted molar refractivity (Wildman–Crippen MR) is 136 cm³/mol. The summed E-state index contributed by atoms with van der Waals surface area (Å²) < 4.78 is 6.10. The first-order valence-corrected chi connectivity index (χ1v) is 13.9. The largest absolute Gasteiger partial charge is 0.480 e. The van der Waals surface area contributed by atoms with E-state index in [9.17, 15) is 24.3 Å². The van der Waals surface area contributed by atoms with Gasteiger partial charge in [0.05, 0.1) is 16.9 Å². The number of rotatable bonds is 5. The zero-order valence-corrected chi connectivity index (χ0v) is 21.0. The number of carbonyl (C=O) groups excluding carboxylic acids is 2. The molecule has 4 aliphatic rings. The number of carbonyl (C=O) groups is 3. The number of imide groups is 1. The first-order chi connectivity index (χ1) is 17.9. The fourth-order valence-electron chi connectivity index (χ4n) is 7.14. The highest BCUT2D eigenvalue weighted by atomic mass is 32.2. The smallest absolute Gasteiger partial charge is 0.323 e. The van der Waals surface area contributed by atoms with Crippen LogP contribution >= 0.6 is 23.1 Å². The maximum atomic E-state index is 13.3. The van der Waals surface area contributed by atoms with Crippen molar-refractivity contribution in [1.29, 1.82) is 0 Å². The van der Waals surface area contributed by atoms with E-state index in [2.05, 4.69) is 4.98 Å². The number of nitrogens with one attached hydrogen (secondary N) is 1. The number of aromatic nitrogens is 1. The Morgan fingerprint density at radius 3 is 2.49 bits per heavy atom. The van der Waals surface area contributed by atoms with E-state index >= 15 is 0 Å². The van der Waals surface area contributed by atoms with Gasteiger partial charge in [-0.25, -0.2) is 0 Å². The number of likely N-dealkylation sites (tertiary alicyclic amines) is 1. The lowest BCUT2D eigenvalue weighted by Gasteiger charge is -2.43. The average molecular weight is 535 g/mol. The molecule has 2 amide bonds. The summed E-state index contributed by atoms with van der Waals surface area (Å²) in [5.74, 6) is -1.66. The molecule has 3 fully saturated rings. The van der Waals surface area contributed by atoms with Crippen LogP contribution in [0.15, 0.2) is 64.4 Å². The van der Waals surface area contributed by atoms with E-state index in [0.717, 1.165) is 32.5 Å². The Morgan fingerprint density at radius 2 is 1.73 bits per heavy atom. The van der Waals surface area contributed by atoms with E-state index in [1.807, 2.05) is 54.6 Å². The fourth-order valence-corrected chi connectivity index (χ4v) is 10.0. The topological polar surface area (TPSA) is 117 Å². The zero-order valence-electron chi connectivity index (χ0n) is 19.4. The number of hydrogen-bond acceptors (Lipinski definition) is 7. The first kappa shape index (κ1) is 22.8. The molecule has 0 radical (unpaired) electrons. The molecule has 3 heterocycles. The molecular weight excluding hydrogens is 512 g/mol. The van der Waals surface area contributed by atoms with Gasteiger partial charge in [0.1, 0.15) is 18.0 Å². The van der Waals surface area contributed by atoms with Crippen molar-refractivity contribution < 1.29 is 24.2 Å². The number of aromatic amines is 1. The monoisotopic (exact) mass is 534 g/mol. The molecule has 1 saturated heterocycles. The summed E-state index contributed by atoms with van der Waals surface area (Å²) in [6.07, 6.45) is 0.756. The highest BCUT2D eigenvalue weighted by Crippen LogP contribution is 2.68. The van der Waals surface area contributed by atoms with Gasteiger partial charge in [0.2, 0.25) is 11.8 Å². The van der Waals surface area contributed by atoms with Crippen molar-refractivity contribution >= 4 is 40.9 Å². The summed E-state index contributed by atoms with van der Waals surface area (Å²) in [6, 6.07) is 17.4. The van der Waals surface area contributed by atoms with Gasteiger partial charge in [-0.15, -0.1) is 11.8 Å². The Kier molecular flexibility index (Phi) is 5.13. The molecule has 2 aromatic carbocycles. The Bertz CT molecular complexity index is 1500. The van der Waals surface area contributed by atoms with Crippen molar-refractivity contribution in [1.82, 2.24) is 9.88 Å². The molecule has 2 saturated carbocycles. The van der Waals surface area contributed by atoms with Crippen LogP contribution in [0.1, 0.15) is 22.8 Å². The Morgan fingerprint density at radius 1 is 1.00 bits per heavy atom. The van der Waals surface area contributed by atoms with Crippen molar-refractivity contribution in [3.8, 4) is 11.5 Å². The van der Waals surface area contributed by atoms with Crippen molar-refractivity contribution in [3.63, 3.8) is 0 Å². The number of hydrogen-bond donors (Lipinski definition) is 2. The van der Waals surface area contributed by atoms with E-state index in [0.29, 0.717) is 5.75 Å². The number of carboxylic acids is 1. The van der Waals surface area contributed by atoms with Gasteiger partial charge in [-0.2, -0.15) is 0 Å². The first-order valence-electron chi connectivity index (χ1n) is 12.2. The third-order valence-electron chi connectivity index (χ3n) is 8.30. The second kappa shape index (κ2) is 8.32. The van der Waals surface area contributed by atoms with Crippen LogP contribution < -0.4 is 9.61 Å². The molecule has 37 heavy (non-hydrogen) atoms. The van der Waals surface area contributed by atoms with Gasteiger partial charge in [-0.1, -0.05) is 41.7 Å². The molecule has 0 spiro atoms. The molecule has 10 heteroatoms. The van der Waals surface area contributed by atoms with E-state index in [1.165, 1.54) is 11.3 Å². The van der Waals surface area contributed by atoms with Crippen LogP contribution in [-0.4, -0.2) is 44.6 Å². The number of para-hydroxylation sites is 1. The summed E-state index contributed by atoms with van der Waals surface area (Å²) in [5, 5.41) is 10.2. The third kappa shape index (κ3) is 3.42. The fraction of sp³-hybridized carbons (Fsp3) is 0.333. The molecule has 7 atom stereocenters. The lowest BCUT2D eigenvalue weighted by molar-refractivity contribution is -0.149. The van der Waals surface area contributed by atoms with Crippen molar-refractivity contribution in [2.75, 3.05) is 6.54 Å². The Balaban J connectivity index is 1.29. The standard InChI is InChI=1S/C27H22N2O6S2/c30-17(31)11-29-25(32)20-15-10-16(21(20)26(29)33)22-19(15)18(23-24(36-22)28-27(34)37-23)12-5-4-8-14(9-12)35-13-6-2-1-3-7-13/h1-9,15-16,18-22H,10-11H2,(H,28,34)(H,30,31)/t15-,16-,18-,19+,20+,21-,22+/m1/s1. The molecule has 2 bridgehead atoms. The maximum Gasteiger partial charge on any atom is 0.323 e. The number of thioether (sulfide) groups is 1. The van der Waals surface area contributed by atoms with Gasteiger partial charge in [0.15, 0.2) is 0 Å². The highest BCUT2D eigenvalue weighted by molar-refractivity contribution is 8.00. The van der Waals surface area contributed by atoms with Gasteiger partial charge >= 0.3 is 10.8 Å². The summed E-state index contributed by atoms with van der Waals surface area (Å²) in [7, 11) is 0. The Labute approximate surface area is 219 Å². The van der Waals surface area contributed by atoms with Gasteiger partial charge in [-0.3, -0.25) is 24.1 Å². The van der Waals surface area contributed by atoms with E-state index < -0.39 is 24.3 Å². The van der Waals surface area contributed by atoms with E-state index in [4.69, 9.17) is 4.74 Å². The number of fused-ring (bicyclic) bond motifs is 9. The molecule has 3 aromatic rings. The molecule has 188 valence electrons. The minimum atomic E-state index is -1.19. The van der Waals surface area contributed by atoms with Gasteiger partial charge in [-0.05, 0) is 54.0 Å². The number of aliphatic carboxylic acids is 1. The van der Waals surface area contributed by atoms with Crippen LogP contribution in [0, 0.1) is 29.6 Å². The lowest BCUT2D eigenvalue weighted by atomic mass is 9.68. The minimum absolute atomic E-state index is 0.0388. The van der Waals surface area contributed by atoms with Crippen LogP contribution in [0.25, 0.3) is 0 Å². The number of ether oxygens (including phenoxy) is 1. The van der Waals surface area contributed by atoms with Crippen LogP contribution in [0.5, 0.6) is 11.5 Å². The van der Waals surface area contributed by atoms with E-state index in [1.54, 1.807) is 11.8 Å². The highest BCUT2D eigenvalue weighted by Gasteiger charge is 2.69. The number of amides is 2. The molecule has 2 N–H and O–H groups in total. The number of nitrogens with zero attached hydrogens (tertiary/aromatic N) is 1. The lowest BCUT2D eigenvalue weighted by Crippen LogP contribution is -2.42. The second-order valence-electron chi connectivity index (χ2n) is 10.1. The number of H-pyrrole nitrogens is 1. The van der Waals surface area contributed by atoms with Crippen LogP contribution in [0.4, 0.5) is 0 Å². The molecular formula is C27H22N2O6S2. The number of carboxylic acid groups (broad SMARTS) is 1. The molecule has 1 aromatic heterocycles. The minimum Gasteiger partial charge on any atom is -0.480 e. The van der Waals surface area contributed by atoms with Crippen molar-refractivity contribution in [3.05, 3.63) is 74.7 Å². The van der Waals surface area contributed by atoms with Gasteiger partial charge in [0.25, 0.3) is 0 Å². The normalized spacial score (nSPS) is 31.2. The van der Waals surface area contributed by atoms with Gasteiger partial charge in [0, 0.05) is 16.0 Å². The van der Waals surface area contributed by atoms with Crippen LogP contribution in [0.2, 0.25) is 0 Å². The summed E-state index contributed by atoms with van der Waals surface area (Å²) in [4.78, 5) is 55.0. The zero-order chi connectivity index (χ0) is 25.4. The van der Waals surface area contributed by atoms with Crippen LogP contribution in [-0.2, 0) is 14.4 Å². The molecule has 8 nitrogen and oxygen atoms in total. The average Bonchev–Trinajstić information content (AvgIpc) is 3.60. The van der Waals surface area contributed by atoms with Crippen molar-refractivity contribution in [2.24, 2.45) is 29.6 Å². The van der Waals surface area contributed by atoms with Crippen molar-refractivity contribution in [2.45, 2.75) is 22.6 Å². The summed E-state index contributed by atoms with van der Waals surface area (Å²) in [6.45, 7) is -0.588. The molecule has 2 aliphatic heterocycles. The third-order valence-corrected chi connectivity index (χ3v) is 10.9. The molecule has 7 rings (SSSR count). The second-order valence-corrected chi connectivity index (χ2v) is 12.3. The quantitative estimate of drug-likeness (QED) is 0.479. The molecule has 0 unspecified atom stereocenters. The number of benzene rings is 2. The SMILES string of the molecule is O=C(O)CN1C(=O)[C@@H]2[C@H]3C[C@@H]([C@@H]2C1=O)[C@H]1[C@@H](c2cccc(Oc4ccccc4)c2)c2sc(=O)[nH]c2S[C@@H]31. The predicted octanol–water partition coefficient (Wildman–Crippen LogP) is 3.79. The Hall–Kier alpha value is -3.37.